The Hall–Kier alpha value is -3.53. The molecule has 0 radical (unpaired) electrons. The van der Waals surface area contributed by atoms with Gasteiger partial charge in [0.05, 0.1) is 19.3 Å². The first-order chi connectivity index (χ1) is 16.0. The van der Waals surface area contributed by atoms with E-state index in [0.29, 0.717) is 31.9 Å². The summed E-state index contributed by atoms with van der Waals surface area (Å²) in [6.45, 7) is 0.751. The predicted molar refractivity (Wildman–Crippen MR) is 118 cm³/mol. The van der Waals surface area contributed by atoms with E-state index in [1.165, 1.54) is 17.2 Å². The Kier molecular flexibility index (Phi) is 7.13. The number of fused-ring (bicyclic) bond motifs is 1. The second kappa shape index (κ2) is 10.4. The minimum absolute atomic E-state index is 0.0550. The average molecular weight is 453 g/mol. The van der Waals surface area contributed by atoms with Crippen LogP contribution in [0.4, 0.5) is 5.95 Å². The zero-order valence-corrected chi connectivity index (χ0v) is 18.1. The molecule has 2 amide bonds. The van der Waals surface area contributed by atoms with E-state index in [1.807, 2.05) is 30.3 Å². The molecule has 2 aromatic rings. The third kappa shape index (κ3) is 5.46. The number of anilines is 1. The quantitative estimate of drug-likeness (QED) is 0.598. The summed E-state index contributed by atoms with van der Waals surface area (Å²) in [6, 6.07) is 9.02. The summed E-state index contributed by atoms with van der Waals surface area (Å²) in [5, 5.41) is 15.4. The number of carbonyl (C=O) groups is 3. The van der Waals surface area contributed by atoms with Gasteiger partial charge in [0.1, 0.15) is 11.7 Å². The van der Waals surface area contributed by atoms with Crippen LogP contribution >= 0.6 is 0 Å². The van der Waals surface area contributed by atoms with Gasteiger partial charge in [-0.05, 0) is 24.5 Å². The first-order valence-electron chi connectivity index (χ1n) is 11.1. The van der Waals surface area contributed by atoms with Crippen LogP contribution in [0.2, 0.25) is 0 Å². The van der Waals surface area contributed by atoms with Crippen molar-refractivity contribution in [1.82, 2.24) is 20.2 Å². The van der Waals surface area contributed by atoms with Crippen LogP contribution < -0.4 is 10.6 Å². The highest BCUT2D eigenvalue weighted by molar-refractivity contribution is 5.97. The van der Waals surface area contributed by atoms with E-state index in [1.54, 1.807) is 0 Å². The van der Waals surface area contributed by atoms with Crippen LogP contribution in [-0.4, -0.2) is 69.1 Å². The van der Waals surface area contributed by atoms with Crippen LogP contribution in [0.5, 0.6) is 0 Å². The smallest absolute Gasteiger partial charge is 0.328 e. The molecule has 174 valence electrons. The molecular weight excluding hydrogens is 426 g/mol. The van der Waals surface area contributed by atoms with Gasteiger partial charge in [0.15, 0.2) is 6.04 Å². The van der Waals surface area contributed by atoms with Gasteiger partial charge in [-0.15, -0.1) is 0 Å². The van der Waals surface area contributed by atoms with E-state index in [2.05, 4.69) is 20.6 Å². The fraction of sp³-hybridized carbons (Fsp3) is 0.435. The Morgan fingerprint density at radius 1 is 1.12 bits per heavy atom. The normalized spacial score (nSPS) is 23.1. The molecule has 3 atom stereocenters. The molecule has 2 aliphatic heterocycles. The molecular formula is C23H27N5O5. The summed E-state index contributed by atoms with van der Waals surface area (Å²) >= 11 is 0. The van der Waals surface area contributed by atoms with Crippen molar-refractivity contribution in [2.45, 2.75) is 50.4 Å². The standard InChI is InChI=1S/C23H27N5O5/c29-20(17-10-11-24-23(27-17)25-12-15-6-2-1-3-7-15)26-18-9-5-4-8-16-13-33-14-19(22(31)32)28(16)21(18)30/h1-3,6-7,10-11,16,18-19H,4-5,8-9,12-14H2,(H,26,29)(H,31,32)(H,24,25,27). The molecule has 2 aliphatic rings. The number of amides is 2. The lowest BCUT2D eigenvalue weighted by Gasteiger charge is -2.43. The van der Waals surface area contributed by atoms with Gasteiger partial charge in [-0.1, -0.05) is 43.2 Å². The topological polar surface area (TPSA) is 134 Å². The molecule has 1 aromatic carbocycles. The number of carbonyl (C=O) groups excluding carboxylic acids is 2. The molecule has 4 rings (SSSR count). The Balaban J connectivity index is 1.45. The summed E-state index contributed by atoms with van der Waals surface area (Å²) in [5.41, 5.74) is 1.17. The second-order valence-electron chi connectivity index (χ2n) is 8.21. The molecule has 10 nitrogen and oxygen atoms in total. The molecule has 10 heteroatoms. The summed E-state index contributed by atoms with van der Waals surface area (Å²) in [6.07, 6.45) is 4.15. The number of aliphatic carboxylic acids is 1. The van der Waals surface area contributed by atoms with E-state index >= 15 is 0 Å². The average Bonchev–Trinajstić information content (AvgIpc) is 2.83. The molecule has 0 spiro atoms. The molecule has 1 aromatic heterocycles. The molecule has 3 N–H and O–H groups in total. The maximum atomic E-state index is 13.3. The van der Waals surface area contributed by atoms with Crippen LogP contribution in [0.15, 0.2) is 42.6 Å². The second-order valence-corrected chi connectivity index (χ2v) is 8.21. The Morgan fingerprint density at radius 2 is 1.91 bits per heavy atom. The number of ether oxygens (including phenoxy) is 1. The minimum Gasteiger partial charge on any atom is -0.480 e. The van der Waals surface area contributed by atoms with Gasteiger partial charge in [-0.3, -0.25) is 9.59 Å². The highest BCUT2D eigenvalue weighted by atomic mass is 16.5. The zero-order chi connectivity index (χ0) is 23.2. The molecule has 0 bridgehead atoms. The number of aromatic nitrogens is 2. The molecule has 3 unspecified atom stereocenters. The largest absolute Gasteiger partial charge is 0.480 e. The van der Waals surface area contributed by atoms with Gasteiger partial charge in [-0.25, -0.2) is 14.8 Å². The summed E-state index contributed by atoms with van der Waals surface area (Å²) in [7, 11) is 0. The van der Waals surface area contributed by atoms with E-state index in [9.17, 15) is 19.5 Å². The zero-order valence-electron chi connectivity index (χ0n) is 18.1. The molecule has 2 saturated heterocycles. The number of hydrogen-bond acceptors (Lipinski definition) is 7. The number of hydrogen-bond donors (Lipinski definition) is 3. The fourth-order valence-electron chi connectivity index (χ4n) is 4.22. The van der Waals surface area contributed by atoms with Gasteiger partial charge >= 0.3 is 5.97 Å². The van der Waals surface area contributed by atoms with Crippen molar-refractivity contribution in [1.29, 1.82) is 0 Å². The number of nitrogens with zero attached hydrogens (tertiary/aromatic N) is 3. The number of carboxylic acid groups (broad SMARTS) is 1. The van der Waals surface area contributed by atoms with E-state index in [0.717, 1.165) is 18.4 Å². The van der Waals surface area contributed by atoms with Crippen LogP contribution in [-0.2, 0) is 20.9 Å². The van der Waals surface area contributed by atoms with Crippen LogP contribution in [0.3, 0.4) is 0 Å². The fourth-order valence-corrected chi connectivity index (χ4v) is 4.22. The summed E-state index contributed by atoms with van der Waals surface area (Å²) < 4.78 is 5.43. The van der Waals surface area contributed by atoms with Gasteiger partial charge in [0.2, 0.25) is 11.9 Å². The Labute approximate surface area is 191 Å². The van der Waals surface area contributed by atoms with Crippen molar-refractivity contribution < 1.29 is 24.2 Å². The number of morpholine rings is 1. The van der Waals surface area contributed by atoms with Crippen molar-refractivity contribution in [3.63, 3.8) is 0 Å². The lowest BCUT2D eigenvalue weighted by molar-refractivity contribution is -0.165. The monoisotopic (exact) mass is 453 g/mol. The first-order valence-corrected chi connectivity index (χ1v) is 11.1. The predicted octanol–water partition coefficient (Wildman–Crippen LogP) is 1.44. The first kappa shape index (κ1) is 22.7. The van der Waals surface area contributed by atoms with Crippen molar-refractivity contribution in [2.24, 2.45) is 0 Å². The van der Waals surface area contributed by atoms with Gasteiger partial charge in [0, 0.05) is 12.7 Å². The molecule has 2 fully saturated rings. The minimum atomic E-state index is -1.11. The van der Waals surface area contributed by atoms with Gasteiger partial charge in [-0.2, -0.15) is 0 Å². The van der Waals surface area contributed by atoms with Gasteiger partial charge in [0.25, 0.3) is 5.91 Å². The number of benzene rings is 1. The highest BCUT2D eigenvalue weighted by Crippen LogP contribution is 2.24. The number of rotatable bonds is 6. The molecule has 33 heavy (non-hydrogen) atoms. The van der Waals surface area contributed by atoms with Crippen LogP contribution in [0.25, 0.3) is 0 Å². The van der Waals surface area contributed by atoms with E-state index < -0.39 is 24.0 Å². The third-order valence-corrected chi connectivity index (χ3v) is 5.92. The van der Waals surface area contributed by atoms with Crippen molar-refractivity contribution in [3.8, 4) is 0 Å². The number of carboxylic acids is 1. The number of nitrogens with one attached hydrogen (secondary N) is 2. The van der Waals surface area contributed by atoms with Crippen molar-refractivity contribution in [3.05, 3.63) is 53.9 Å². The molecule has 0 saturated carbocycles. The summed E-state index contributed by atoms with van der Waals surface area (Å²) in [4.78, 5) is 47.7. The molecule has 3 heterocycles. The lowest BCUT2D eigenvalue weighted by Crippen LogP contribution is -2.62. The van der Waals surface area contributed by atoms with Crippen LogP contribution in [0.1, 0.15) is 41.7 Å². The SMILES string of the molecule is O=C(NC1CCCCC2COCC(C(=O)O)N2C1=O)c1ccnc(NCc2ccccc2)n1. The summed E-state index contributed by atoms with van der Waals surface area (Å²) in [5.74, 6) is -1.70. The maximum Gasteiger partial charge on any atom is 0.328 e. The van der Waals surface area contributed by atoms with Crippen molar-refractivity contribution >= 4 is 23.7 Å². The lowest BCUT2D eigenvalue weighted by atomic mass is 9.96. The highest BCUT2D eigenvalue weighted by Gasteiger charge is 2.42. The Morgan fingerprint density at radius 3 is 2.70 bits per heavy atom. The van der Waals surface area contributed by atoms with Crippen LogP contribution in [0, 0.1) is 0 Å². The Bertz CT molecular complexity index is 1000. The molecule has 0 aliphatic carbocycles. The van der Waals surface area contributed by atoms with E-state index in [4.69, 9.17) is 4.74 Å². The third-order valence-electron chi connectivity index (χ3n) is 5.92. The van der Waals surface area contributed by atoms with Crippen molar-refractivity contribution in [2.75, 3.05) is 18.5 Å². The van der Waals surface area contributed by atoms with Gasteiger partial charge < -0.3 is 25.4 Å². The maximum absolute atomic E-state index is 13.3. The van der Waals surface area contributed by atoms with E-state index in [-0.39, 0.29) is 24.2 Å².